The van der Waals surface area contributed by atoms with Gasteiger partial charge < -0.3 is 17.0 Å². The zero-order valence-corrected chi connectivity index (χ0v) is 10.5. The van der Waals surface area contributed by atoms with Crippen LogP contribution in [-0.4, -0.2) is 0 Å². The SMILES string of the molecule is Cc1ccc(C)c(-c2cc[nH+]cc2)c1.[Br-]. The molecule has 0 aliphatic carbocycles. The summed E-state index contributed by atoms with van der Waals surface area (Å²) >= 11 is 0. The molecule has 0 aliphatic heterocycles. The number of hydrogen-bond donors (Lipinski definition) is 0. The fourth-order valence-corrected chi connectivity index (χ4v) is 1.61. The molecule has 1 N–H and O–H groups in total. The molecule has 0 saturated carbocycles. The molecule has 0 atom stereocenters. The predicted molar refractivity (Wildman–Crippen MR) is 57.9 cm³/mol. The maximum Gasteiger partial charge on any atom is 0.167 e. The summed E-state index contributed by atoms with van der Waals surface area (Å²) in [6.07, 6.45) is 3.91. The lowest BCUT2D eigenvalue weighted by Crippen LogP contribution is -3.00. The average molecular weight is 264 g/mol. The van der Waals surface area contributed by atoms with E-state index in [1.807, 2.05) is 12.4 Å². The van der Waals surface area contributed by atoms with Crippen molar-refractivity contribution in [3.05, 3.63) is 53.9 Å². The summed E-state index contributed by atoms with van der Waals surface area (Å²) in [4.78, 5) is 3.04. The Hall–Kier alpha value is -1.15. The minimum absolute atomic E-state index is 0. The van der Waals surface area contributed by atoms with Crippen LogP contribution in [0.15, 0.2) is 42.7 Å². The van der Waals surface area contributed by atoms with Gasteiger partial charge in [-0.25, -0.2) is 4.98 Å². The third-order valence-corrected chi connectivity index (χ3v) is 2.42. The lowest BCUT2D eigenvalue weighted by atomic mass is 10.00. The van der Waals surface area contributed by atoms with E-state index in [-0.39, 0.29) is 17.0 Å². The summed E-state index contributed by atoms with van der Waals surface area (Å²) < 4.78 is 0. The van der Waals surface area contributed by atoms with Crippen LogP contribution in [0.3, 0.4) is 0 Å². The highest BCUT2D eigenvalue weighted by molar-refractivity contribution is 5.66. The molecule has 0 amide bonds. The Balaban J connectivity index is 0.00000112. The highest BCUT2D eigenvalue weighted by Gasteiger charge is 2.01. The third-order valence-electron chi connectivity index (χ3n) is 2.42. The van der Waals surface area contributed by atoms with Crippen molar-refractivity contribution < 1.29 is 22.0 Å². The largest absolute Gasteiger partial charge is 1.00 e. The van der Waals surface area contributed by atoms with Gasteiger partial charge in [0, 0.05) is 12.1 Å². The molecule has 78 valence electrons. The zero-order chi connectivity index (χ0) is 9.97. The summed E-state index contributed by atoms with van der Waals surface area (Å²) in [6.45, 7) is 4.27. The van der Waals surface area contributed by atoms with Crippen LogP contribution in [0.5, 0.6) is 0 Å². The van der Waals surface area contributed by atoms with Crippen molar-refractivity contribution >= 4 is 0 Å². The van der Waals surface area contributed by atoms with Gasteiger partial charge in [0.05, 0.1) is 0 Å². The fraction of sp³-hybridized carbons (Fsp3) is 0.154. The summed E-state index contributed by atoms with van der Waals surface area (Å²) in [5.74, 6) is 0. The molecule has 15 heavy (non-hydrogen) atoms. The van der Waals surface area contributed by atoms with E-state index >= 15 is 0 Å². The molecule has 1 nitrogen and oxygen atoms in total. The average Bonchev–Trinajstić information content (AvgIpc) is 2.23. The van der Waals surface area contributed by atoms with Crippen molar-refractivity contribution in [2.75, 3.05) is 0 Å². The van der Waals surface area contributed by atoms with Gasteiger partial charge in [0.25, 0.3) is 0 Å². The number of hydrogen-bond acceptors (Lipinski definition) is 0. The Morgan fingerprint density at radius 1 is 0.933 bits per heavy atom. The molecule has 2 rings (SSSR count). The third kappa shape index (κ3) is 2.66. The van der Waals surface area contributed by atoms with Crippen molar-refractivity contribution in [3.8, 4) is 11.1 Å². The fourth-order valence-electron chi connectivity index (χ4n) is 1.61. The second kappa shape index (κ2) is 5.08. The number of aromatic nitrogens is 1. The first-order valence-electron chi connectivity index (χ1n) is 4.81. The van der Waals surface area contributed by atoms with Crippen LogP contribution in [-0.2, 0) is 0 Å². The highest BCUT2D eigenvalue weighted by Crippen LogP contribution is 2.22. The highest BCUT2D eigenvalue weighted by atomic mass is 79.9. The monoisotopic (exact) mass is 263 g/mol. The quantitative estimate of drug-likeness (QED) is 0.676. The second-order valence-corrected chi connectivity index (χ2v) is 3.61. The Morgan fingerprint density at radius 2 is 1.60 bits per heavy atom. The molecule has 2 aromatic rings. The predicted octanol–water partition coefficient (Wildman–Crippen LogP) is -0.211. The number of benzene rings is 1. The van der Waals surface area contributed by atoms with Crippen molar-refractivity contribution in [1.82, 2.24) is 0 Å². The van der Waals surface area contributed by atoms with E-state index in [1.54, 1.807) is 0 Å². The number of aryl methyl sites for hydroxylation is 2. The van der Waals surface area contributed by atoms with Crippen molar-refractivity contribution in [2.24, 2.45) is 0 Å². The standard InChI is InChI=1S/C13H13N.BrH/c1-10-3-4-11(2)13(9-10)12-5-7-14-8-6-12;/h3-9H,1-2H3;1H. The molecule has 0 aliphatic rings. The van der Waals surface area contributed by atoms with Gasteiger partial charge in [0.15, 0.2) is 12.4 Å². The van der Waals surface area contributed by atoms with Gasteiger partial charge in [-0.3, -0.25) is 0 Å². The van der Waals surface area contributed by atoms with E-state index in [4.69, 9.17) is 0 Å². The summed E-state index contributed by atoms with van der Waals surface area (Å²) in [5.41, 5.74) is 5.21. The molecule has 1 aromatic heterocycles. The van der Waals surface area contributed by atoms with Crippen molar-refractivity contribution in [1.29, 1.82) is 0 Å². The Bertz CT molecular complexity index is 438. The van der Waals surface area contributed by atoms with E-state index in [0.717, 1.165) is 0 Å². The lowest BCUT2D eigenvalue weighted by molar-refractivity contribution is -0.377. The van der Waals surface area contributed by atoms with Gasteiger partial charge >= 0.3 is 0 Å². The lowest BCUT2D eigenvalue weighted by Gasteiger charge is -2.05. The van der Waals surface area contributed by atoms with E-state index in [2.05, 4.69) is 49.2 Å². The number of rotatable bonds is 1. The normalized spacial score (nSPS) is 9.47. The Labute approximate surface area is 101 Å². The van der Waals surface area contributed by atoms with Gasteiger partial charge in [0.2, 0.25) is 0 Å². The molecule has 2 heteroatoms. The first-order valence-corrected chi connectivity index (χ1v) is 4.81. The molecule has 0 spiro atoms. The van der Waals surface area contributed by atoms with Crippen LogP contribution in [0.1, 0.15) is 11.1 Å². The van der Waals surface area contributed by atoms with Crippen molar-refractivity contribution in [2.45, 2.75) is 13.8 Å². The number of halogens is 1. The minimum atomic E-state index is 0. The Morgan fingerprint density at radius 3 is 2.27 bits per heavy atom. The molecule has 1 heterocycles. The topological polar surface area (TPSA) is 14.1 Å². The van der Waals surface area contributed by atoms with E-state index in [0.29, 0.717) is 0 Å². The summed E-state index contributed by atoms with van der Waals surface area (Å²) in [7, 11) is 0. The molecular formula is C13H14BrN. The molecule has 1 aromatic carbocycles. The van der Waals surface area contributed by atoms with Crippen LogP contribution in [0.25, 0.3) is 11.1 Å². The number of nitrogens with one attached hydrogen (secondary N) is 1. The van der Waals surface area contributed by atoms with E-state index < -0.39 is 0 Å². The van der Waals surface area contributed by atoms with Crippen LogP contribution in [0.2, 0.25) is 0 Å². The first kappa shape index (κ1) is 11.9. The van der Waals surface area contributed by atoms with Gasteiger partial charge in [-0.15, -0.1) is 0 Å². The molecular weight excluding hydrogens is 250 g/mol. The molecule has 0 unspecified atom stereocenters. The summed E-state index contributed by atoms with van der Waals surface area (Å²) in [6, 6.07) is 10.7. The number of H-pyrrole nitrogens is 1. The smallest absolute Gasteiger partial charge is 0.167 e. The Kier molecular flexibility index (Phi) is 4.04. The van der Waals surface area contributed by atoms with Crippen LogP contribution in [0, 0.1) is 13.8 Å². The molecule has 0 radical (unpaired) electrons. The molecule has 0 fully saturated rings. The van der Waals surface area contributed by atoms with Gasteiger partial charge in [0.1, 0.15) is 0 Å². The second-order valence-electron chi connectivity index (χ2n) is 3.61. The zero-order valence-electron chi connectivity index (χ0n) is 8.92. The molecule has 0 saturated heterocycles. The van der Waals surface area contributed by atoms with Gasteiger partial charge in [-0.05, 0) is 30.5 Å². The minimum Gasteiger partial charge on any atom is -1.00 e. The van der Waals surface area contributed by atoms with Crippen LogP contribution >= 0.6 is 0 Å². The summed E-state index contributed by atoms with van der Waals surface area (Å²) in [5, 5.41) is 0. The first-order chi connectivity index (χ1) is 6.77. The van der Waals surface area contributed by atoms with Crippen molar-refractivity contribution in [3.63, 3.8) is 0 Å². The molecule has 0 bridgehead atoms. The van der Waals surface area contributed by atoms with Gasteiger partial charge in [-0.2, -0.15) is 0 Å². The number of pyridine rings is 1. The van der Waals surface area contributed by atoms with E-state index in [1.165, 1.54) is 22.3 Å². The maximum absolute atomic E-state index is 3.04. The van der Waals surface area contributed by atoms with Gasteiger partial charge in [-0.1, -0.05) is 23.8 Å². The number of aromatic amines is 1. The van der Waals surface area contributed by atoms with Crippen LogP contribution in [0.4, 0.5) is 0 Å². The van der Waals surface area contributed by atoms with Crippen LogP contribution < -0.4 is 22.0 Å². The maximum atomic E-state index is 3.04. The van der Waals surface area contributed by atoms with E-state index in [9.17, 15) is 0 Å².